The van der Waals surface area contributed by atoms with Crippen molar-refractivity contribution in [2.24, 2.45) is 0 Å². The maximum absolute atomic E-state index is 12.9. The van der Waals surface area contributed by atoms with Crippen LogP contribution < -0.4 is 10.9 Å². The van der Waals surface area contributed by atoms with Crippen LogP contribution in [0.25, 0.3) is 0 Å². The number of amides is 1. The van der Waals surface area contributed by atoms with Gasteiger partial charge in [-0.25, -0.2) is 6.54 Å². The van der Waals surface area contributed by atoms with E-state index in [0.29, 0.717) is 31.3 Å². The van der Waals surface area contributed by atoms with Gasteiger partial charge in [0.15, 0.2) is 0 Å². The van der Waals surface area contributed by atoms with Gasteiger partial charge in [-0.1, -0.05) is 0 Å². The van der Waals surface area contributed by atoms with Crippen molar-refractivity contribution in [2.75, 3.05) is 31.6 Å². The van der Waals surface area contributed by atoms with Crippen molar-refractivity contribution in [3.63, 3.8) is 0 Å². The van der Waals surface area contributed by atoms with Crippen molar-refractivity contribution in [1.82, 2.24) is 15.2 Å². The van der Waals surface area contributed by atoms with Gasteiger partial charge in [0, 0.05) is 45.3 Å². The first-order valence-electron chi connectivity index (χ1n) is 8.71. The van der Waals surface area contributed by atoms with Gasteiger partial charge in [-0.15, -0.1) is 0 Å². The number of carbonyl (C=O) groups is 1. The number of rotatable bonds is 4. The molecular formula is C17H19F6N4OY-. The average molecular weight is 498 g/mol. The van der Waals surface area contributed by atoms with Crippen LogP contribution in [0.1, 0.15) is 24.0 Å². The molecule has 159 valence electrons. The Morgan fingerprint density at radius 2 is 1.62 bits per heavy atom. The van der Waals surface area contributed by atoms with E-state index in [9.17, 15) is 31.1 Å². The van der Waals surface area contributed by atoms with Gasteiger partial charge in [0.1, 0.15) is 5.91 Å². The normalized spacial score (nSPS) is 20.6. The number of nitrogens with zero attached hydrogens (tertiary/aromatic N) is 2. The average Bonchev–Trinajstić information content (AvgIpc) is 3.06. The summed E-state index contributed by atoms with van der Waals surface area (Å²) in [4.78, 5) is 16.1. The fourth-order valence-electron chi connectivity index (χ4n) is 3.49. The van der Waals surface area contributed by atoms with Gasteiger partial charge < -0.3 is 15.1 Å². The van der Waals surface area contributed by atoms with Crippen LogP contribution in [0.2, 0.25) is 0 Å². The summed E-state index contributed by atoms with van der Waals surface area (Å²) in [6.45, 7) is 4.41. The van der Waals surface area contributed by atoms with Crippen molar-refractivity contribution in [2.45, 2.75) is 31.2 Å². The van der Waals surface area contributed by atoms with Gasteiger partial charge in [-0.2, -0.15) is 26.3 Å². The number of hydrogen-bond acceptors (Lipinski definition) is 4. The molecule has 1 aromatic rings. The molecule has 1 unspecified atom stereocenters. The molecule has 0 aliphatic carbocycles. The molecule has 1 atom stereocenters. The number of nitrogens with one attached hydrogen (secondary N) is 2. The zero-order chi connectivity index (χ0) is 20.5. The molecule has 3 rings (SSSR count). The summed E-state index contributed by atoms with van der Waals surface area (Å²) < 4.78 is 77.1. The number of alkyl halides is 6. The maximum atomic E-state index is 12.9. The van der Waals surface area contributed by atoms with Gasteiger partial charge in [0.05, 0.1) is 16.8 Å². The van der Waals surface area contributed by atoms with Crippen molar-refractivity contribution >= 4 is 11.6 Å². The van der Waals surface area contributed by atoms with Crippen molar-refractivity contribution in [1.29, 1.82) is 0 Å². The molecule has 2 heterocycles. The summed E-state index contributed by atoms with van der Waals surface area (Å²) in [6.07, 6.45) is -7.76. The minimum absolute atomic E-state index is 0. The third-order valence-corrected chi connectivity index (χ3v) is 4.84. The summed E-state index contributed by atoms with van der Waals surface area (Å²) in [5.74, 6) is -0.655. The molecule has 2 N–H and O–H groups in total. The number of fused-ring (bicyclic) bond motifs is 1. The van der Waals surface area contributed by atoms with Crippen LogP contribution in [-0.2, 0) is 49.9 Å². The Balaban J connectivity index is 0.00000300. The minimum Gasteiger partial charge on any atom is -0.430 e. The summed E-state index contributed by atoms with van der Waals surface area (Å²) >= 11 is 0. The van der Waals surface area contributed by atoms with Gasteiger partial charge in [-0.05, 0) is 50.7 Å². The third kappa shape index (κ3) is 6.47. The Labute approximate surface area is 189 Å². The molecule has 0 aromatic heterocycles. The van der Waals surface area contributed by atoms with Gasteiger partial charge in [0.2, 0.25) is 0 Å². The number of carbonyl (C=O) groups excluding carboxylic acids is 1. The van der Waals surface area contributed by atoms with Crippen molar-refractivity contribution in [3.8, 4) is 0 Å². The van der Waals surface area contributed by atoms with E-state index in [1.54, 1.807) is 4.90 Å². The number of hydrogen-bond donors (Lipinski definition) is 2. The van der Waals surface area contributed by atoms with Crippen molar-refractivity contribution < 1.29 is 63.8 Å². The Kier molecular flexibility index (Phi) is 7.86. The molecule has 2 aliphatic rings. The van der Waals surface area contributed by atoms with Crippen LogP contribution in [0.5, 0.6) is 0 Å². The molecule has 12 heteroatoms. The molecule has 1 aromatic carbocycles. The van der Waals surface area contributed by atoms with E-state index in [4.69, 9.17) is 0 Å². The second kappa shape index (κ2) is 9.40. The summed E-state index contributed by atoms with van der Waals surface area (Å²) in [5, 5.41) is 0. The SMILES string of the molecule is O=C([CH-]N1CCN2CCCC2C1)NNc1cc(C(F)(F)F)cc(C(F)(F)F)c1.[Y]. The Morgan fingerprint density at radius 3 is 2.21 bits per heavy atom. The molecule has 0 bridgehead atoms. The van der Waals surface area contributed by atoms with E-state index >= 15 is 0 Å². The third-order valence-electron chi connectivity index (χ3n) is 4.84. The molecule has 2 saturated heterocycles. The van der Waals surface area contributed by atoms with Crippen LogP contribution in [0.4, 0.5) is 32.0 Å². The van der Waals surface area contributed by atoms with E-state index < -0.39 is 35.1 Å². The van der Waals surface area contributed by atoms with Gasteiger partial charge >= 0.3 is 12.4 Å². The fourth-order valence-corrected chi connectivity index (χ4v) is 3.49. The van der Waals surface area contributed by atoms with Gasteiger partial charge in [0.25, 0.3) is 0 Å². The molecule has 2 fully saturated rings. The second-order valence-corrected chi connectivity index (χ2v) is 6.86. The second-order valence-electron chi connectivity index (χ2n) is 6.86. The number of anilines is 1. The molecule has 1 radical (unpaired) electrons. The minimum atomic E-state index is -4.95. The van der Waals surface area contributed by atoms with E-state index in [0.717, 1.165) is 25.9 Å². The molecule has 29 heavy (non-hydrogen) atoms. The topological polar surface area (TPSA) is 47.6 Å². The summed E-state index contributed by atoms with van der Waals surface area (Å²) in [5.41, 5.74) is 0.841. The summed E-state index contributed by atoms with van der Waals surface area (Å²) in [6, 6.07) is 1.41. The predicted octanol–water partition coefficient (Wildman–Crippen LogP) is 3.11. The van der Waals surface area contributed by atoms with Crippen LogP contribution in [0.3, 0.4) is 0 Å². The van der Waals surface area contributed by atoms with E-state index in [1.807, 2.05) is 0 Å². The van der Waals surface area contributed by atoms with E-state index in [-0.39, 0.29) is 38.8 Å². The zero-order valence-electron chi connectivity index (χ0n) is 15.3. The van der Waals surface area contributed by atoms with E-state index in [1.165, 1.54) is 6.54 Å². The number of halogens is 6. The Bertz CT molecular complexity index is 695. The molecule has 2 aliphatic heterocycles. The Morgan fingerprint density at radius 1 is 1.00 bits per heavy atom. The van der Waals surface area contributed by atoms with Crippen LogP contribution in [0.15, 0.2) is 18.2 Å². The first-order valence-corrected chi connectivity index (χ1v) is 8.71. The predicted molar refractivity (Wildman–Crippen MR) is 88.7 cm³/mol. The maximum Gasteiger partial charge on any atom is 0.416 e. The van der Waals surface area contributed by atoms with Crippen molar-refractivity contribution in [3.05, 3.63) is 35.9 Å². The zero-order valence-corrected chi connectivity index (χ0v) is 18.1. The smallest absolute Gasteiger partial charge is 0.416 e. The number of hydrazine groups is 1. The van der Waals surface area contributed by atoms with Crippen LogP contribution in [-0.4, -0.2) is 47.9 Å². The molecular weight excluding hydrogens is 479 g/mol. The Hall–Kier alpha value is -1.04. The molecule has 1 amide bonds. The van der Waals surface area contributed by atoms with E-state index in [2.05, 4.69) is 15.8 Å². The summed E-state index contributed by atoms with van der Waals surface area (Å²) in [7, 11) is 0. The monoisotopic (exact) mass is 498 g/mol. The first-order chi connectivity index (χ1) is 13.0. The van der Waals surface area contributed by atoms with Gasteiger partial charge in [-0.3, -0.25) is 10.3 Å². The standard InChI is InChI=1S/C17H19F6N4O.Y/c18-16(19,20)11-6-12(17(21,22)23)8-13(7-11)24-25-15(28)10-26-4-5-27-3-1-2-14(27)9-26;/h6-8,10,14,24H,1-5,9H2,(H,25,28);/q-1;. The molecule has 0 saturated carbocycles. The molecule has 5 nitrogen and oxygen atoms in total. The van der Waals surface area contributed by atoms with Crippen LogP contribution >= 0.6 is 0 Å². The fraction of sp³-hybridized carbons (Fsp3) is 0.529. The van der Waals surface area contributed by atoms with Crippen LogP contribution in [0, 0.1) is 6.54 Å². The quantitative estimate of drug-likeness (QED) is 0.381. The first kappa shape index (κ1) is 24.2. The molecule has 0 spiro atoms. The largest absolute Gasteiger partial charge is 0.430 e. The number of piperazine rings is 1. The number of benzene rings is 1.